The summed E-state index contributed by atoms with van der Waals surface area (Å²) in [6.45, 7) is 2.03. The molecular formula is C14H10BrClO2S. The molecule has 0 aliphatic carbocycles. The Morgan fingerprint density at radius 2 is 2.11 bits per heavy atom. The molecule has 0 fully saturated rings. The maximum absolute atomic E-state index is 10.3. The van der Waals surface area contributed by atoms with Crippen molar-refractivity contribution in [1.82, 2.24) is 0 Å². The Morgan fingerprint density at radius 3 is 2.79 bits per heavy atom. The van der Waals surface area contributed by atoms with Crippen molar-refractivity contribution >= 4 is 49.8 Å². The molecule has 2 aromatic heterocycles. The van der Waals surface area contributed by atoms with E-state index in [1.54, 1.807) is 0 Å². The lowest BCUT2D eigenvalue weighted by atomic mass is 10.1. The molecule has 0 bridgehead atoms. The second-order valence-corrected chi connectivity index (χ2v) is 6.90. The van der Waals surface area contributed by atoms with Crippen LogP contribution in [0.25, 0.3) is 11.0 Å². The summed E-state index contributed by atoms with van der Waals surface area (Å²) in [5.41, 5.74) is 1.94. The molecule has 2 nitrogen and oxygen atoms in total. The summed E-state index contributed by atoms with van der Waals surface area (Å²) >= 11 is 10.7. The van der Waals surface area contributed by atoms with Gasteiger partial charge < -0.3 is 9.52 Å². The van der Waals surface area contributed by atoms with E-state index in [1.807, 2.05) is 37.3 Å². The standard InChI is InChI=1S/C14H10BrClO2S/c1-7-2-3-10-8(4-7)5-11(18-10)13(17)12-6-9(15)14(16)19-12/h2-6,13,17H,1H3. The molecule has 2 heterocycles. The number of furan rings is 1. The van der Waals surface area contributed by atoms with E-state index < -0.39 is 6.10 Å². The normalized spacial score (nSPS) is 13.1. The van der Waals surface area contributed by atoms with Crippen molar-refractivity contribution in [1.29, 1.82) is 0 Å². The number of hydrogen-bond donors (Lipinski definition) is 1. The fraction of sp³-hybridized carbons (Fsp3) is 0.143. The maximum atomic E-state index is 10.3. The van der Waals surface area contributed by atoms with E-state index in [1.165, 1.54) is 11.3 Å². The van der Waals surface area contributed by atoms with Crippen LogP contribution in [0.15, 0.2) is 39.2 Å². The molecule has 1 aromatic carbocycles. The first-order chi connectivity index (χ1) is 9.04. The van der Waals surface area contributed by atoms with E-state index in [0.717, 1.165) is 25.9 Å². The molecular weight excluding hydrogens is 348 g/mol. The third kappa shape index (κ3) is 2.46. The highest BCUT2D eigenvalue weighted by atomic mass is 79.9. The quantitative estimate of drug-likeness (QED) is 0.675. The van der Waals surface area contributed by atoms with E-state index in [0.29, 0.717) is 10.1 Å². The first kappa shape index (κ1) is 13.2. The summed E-state index contributed by atoms with van der Waals surface area (Å²) in [6.07, 6.45) is -0.790. The third-order valence-corrected chi connectivity index (χ3v) is 5.42. The average molecular weight is 358 g/mol. The molecule has 0 aliphatic rings. The SMILES string of the molecule is Cc1ccc2oc(C(O)c3cc(Br)c(Cl)s3)cc2c1. The van der Waals surface area contributed by atoms with Gasteiger partial charge in [-0.3, -0.25) is 0 Å². The van der Waals surface area contributed by atoms with Gasteiger partial charge in [-0.2, -0.15) is 0 Å². The lowest BCUT2D eigenvalue weighted by Crippen LogP contribution is -1.93. The lowest BCUT2D eigenvalue weighted by molar-refractivity contribution is 0.196. The molecule has 0 spiro atoms. The summed E-state index contributed by atoms with van der Waals surface area (Å²) in [4.78, 5) is 0.757. The van der Waals surface area contributed by atoms with Crippen LogP contribution in [0.5, 0.6) is 0 Å². The van der Waals surface area contributed by atoms with Crippen molar-refractivity contribution in [3.8, 4) is 0 Å². The first-order valence-corrected chi connectivity index (χ1v) is 7.66. The molecule has 0 amide bonds. The third-order valence-electron chi connectivity index (χ3n) is 2.89. The number of halogens is 2. The largest absolute Gasteiger partial charge is 0.458 e. The second kappa shape index (κ2) is 4.94. The zero-order valence-electron chi connectivity index (χ0n) is 9.98. The van der Waals surface area contributed by atoms with Crippen LogP contribution in [0.3, 0.4) is 0 Å². The zero-order chi connectivity index (χ0) is 13.6. The first-order valence-electron chi connectivity index (χ1n) is 5.67. The van der Waals surface area contributed by atoms with Gasteiger partial charge in [-0.25, -0.2) is 0 Å². The van der Waals surface area contributed by atoms with Crippen LogP contribution in [0.4, 0.5) is 0 Å². The van der Waals surface area contributed by atoms with Crippen LogP contribution in [-0.4, -0.2) is 5.11 Å². The van der Waals surface area contributed by atoms with E-state index in [2.05, 4.69) is 15.9 Å². The van der Waals surface area contributed by atoms with Crippen molar-refractivity contribution in [2.45, 2.75) is 13.0 Å². The predicted octanol–water partition coefficient (Wildman–Crippen LogP) is 5.30. The summed E-state index contributed by atoms with van der Waals surface area (Å²) < 4.78 is 7.10. The zero-order valence-corrected chi connectivity index (χ0v) is 13.1. The molecule has 1 unspecified atom stereocenters. The number of benzene rings is 1. The van der Waals surface area contributed by atoms with Gasteiger partial charge in [-0.05, 0) is 47.1 Å². The van der Waals surface area contributed by atoms with Crippen LogP contribution in [0, 0.1) is 6.92 Å². The Morgan fingerprint density at radius 1 is 1.32 bits per heavy atom. The van der Waals surface area contributed by atoms with Crippen LogP contribution >= 0.6 is 38.9 Å². The molecule has 98 valence electrons. The van der Waals surface area contributed by atoms with E-state index in [-0.39, 0.29) is 0 Å². The molecule has 1 N–H and O–H groups in total. The fourth-order valence-electron chi connectivity index (χ4n) is 1.96. The Balaban J connectivity index is 2.03. The van der Waals surface area contributed by atoms with E-state index in [4.69, 9.17) is 16.0 Å². The predicted molar refractivity (Wildman–Crippen MR) is 82.0 cm³/mol. The van der Waals surface area contributed by atoms with Crippen molar-refractivity contribution in [3.05, 3.63) is 55.3 Å². The smallest absolute Gasteiger partial charge is 0.146 e. The van der Waals surface area contributed by atoms with Crippen LogP contribution in [0.1, 0.15) is 22.3 Å². The fourth-order valence-corrected chi connectivity index (χ4v) is 3.69. The highest BCUT2D eigenvalue weighted by Crippen LogP contribution is 2.38. The van der Waals surface area contributed by atoms with E-state index >= 15 is 0 Å². The molecule has 0 aliphatic heterocycles. The minimum absolute atomic E-state index is 0.533. The molecule has 5 heteroatoms. The number of thiophene rings is 1. The molecule has 0 saturated carbocycles. The highest BCUT2D eigenvalue weighted by Gasteiger charge is 2.19. The molecule has 0 radical (unpaired) electrons. The summed E-state index contributed by atoms with van der Waals surface area (Å²) in [5.74, 6) is 0.533. The molecule has 19 heavy (non-hydrogen) atoms. The topological polar surface area (TPSA) is 33.4 Å². The van der Waals surface area contributed by atoms with Crippen LogP contribution in [0.2, 0.25) is 4.34 Å². The maximum Gasteiger partial charge on any atom is 0.146 e. The number of aliphatic hydroxyl groups excluding tert-OH is 1. The summed E-state index contributed by atoms with van der Waals surface area (Å²) in [5, 5.41) is 11.3. The minimum Gasteiger partial charge on any atom is -0.458 e. The number of aliphatic hydroxyl groups is 1. The van der Waals surface area contributed by atoms with Crippen molar-refractivity contribution in [2.75, 3.05) is 0 Å². The van der Waals surface area contributed by atoms with Crippen molar-refractivity contribution in [2.24, 2.45) is 0 Å². The monoisotopic (exact) mass is 356 g/mol. The van der Waals surface area contributed by atoms with Gasteiger partial charge in [0, 0.05) is 14.7 Å². The van der Waals surface area contributed by atoms with Gasteiger partial charge in [0.2, 0.25) is 0 Å². The molecule has 0 saturated heterocycles. The Hall–Kier alpha value is -0.810. The van der Waals surface area contributed by atoms with Crippen molar-refractivity contribution < 1.29 is 9.52 Å². The molecule has 1 atom stereocenters. The number of rotatable bonds is 2. The number of fused-ring (bicyclic) bond motifs is 1. The van der Waals surface area contributed by atoms with Gasteiger partial charge in [0.15, 0.2) is 0 Å². The van der Waals surface area contributed by atoms with E-state index in [9.17, 15) is 5.11 Å². The average Bonchev–Trinajstić information content (AvgIpc) is 2.92. The van der Waals surface area contributed by atoms with Gasteiger partial charge in [-0.1, -0.05) is 23.2 Å². The van der Waals surface area contributed by atoms with Gasteiger partial charge in [0.05, 0.1) is 0 Å². The van der Waals surface area contributed by atoms with Crippen molar-refractivity contribution in [3.63, 3.8) is 0 Å². The van der Waals surface area contributed by atoms with Crippen LogP contribution < -0.4 is 0 Å². The van der Waals surface area contributed by atoms with Gasteiger partial charge in [0.1, 0.15) is 21.8 Å². The second-order valence-electron chi connectivity index (χ2n) is 4.36. The Bertz CT molecular complexity index is 728. The Kier molecular flexibility index (Phi) is 3.43. The van der Waals surface area contributed by atoms with Crippen LogP contribution in [-0.2, 0) is 0 Å². The molecule has 3 rings (SSSR count). The minimum atomic E-state index is -0.790. The van der Waals surface area contributed by atoms with Gasteiger partial charge >= 0.3 is 0 Å². The van der Waals surface area contributed by atoms with Gasteiger partial charge in [0.25, 0.3) is 0 Å². The highest BCUT2D eigenvalue weighted by molar-refractivity contribution is 9.10. The van der Waals surface area contributed by atoms with Gasteiger partial charge in [-0.15, -0.1) is 11.3 Å². The Labute approximate surface area is 127 Å². The summed E-state index contributed by atoms with van der Waals surface area (Å²) in [6, 6.07) is 9.62. The summed E-state index contributed by atoms with van der Waals surface area (Å²) in [7, 11) is 0. The lowest BCUT2D eigenvalue weighted by Gasteiger charge is -2.03. The number of hydrogen-bond acceptors (Lipinski definition) is 3. The number of aryl methyl sites for hydroxylation is 1. The molecule has 3 aromatic rings.